The van der Waals surface area contributed by atoms with E-state index < -0.39 is 0 Å². The summed E-state index contributed by atoms with van der Waals surface area (Å²) in [6, 6.07) is 0.428. The maximum atomic E-state index is 6.17. The van der Waals surface area contributed by atoms with E-state index in [0.29, 0.717) is 12.0 Å². The van der Waals surface area contributed by atoms with Gasteiger partial charge in [0.15, 0.2) is 0 Å². The average Bonchev–Trinajstić information content (AvgIpc) is 2.17. The molecule has 0 spiro atoms. The van der Waals surface area contributed by atoms with Crippen LogP contribution in [0.25, 0.3) is 0 Å². The summed E-state index contributed by atoms with van der Waals surface area (Å²) < 4.78 is 0. The van der Waals surface area contributed by atoms with Gasteiger partial charge in [-0.3, -0.25) is 0 Å². The van der Waals surface area contributed by atoms with Gasteiger partial charge in [-0.15, -0.1) is 0 Å². The van der Waals surface area contributed by atoms with Crippen LogP contribution in [0.1, 0.15) is 33.1 Å². The summed E-state index contributed by atoms with van der Waals surface area (Å²) in [5.74, 6) is 1.45. The van der Waals surface area contributed by atoms with Gasteiger partial charge in [0, 0.05) is 6.04 Å². The number of hydrogen-bond acceptors (Lipinski definition) is 2. The first-order chi connectivity index (χ1) is 5.75. The molecule has 1 aliphatic rings. The Hall–Kier alpha value is -0.0800. The predicted molar refractivity (Wildman–Crippen MR) is 53.0 cm³/mol. The molecular formula is C10H22N2. The summed E-state index contributed by atoms with van der Waals surface area (Å²) in [5, 5.41) is 3.37. The Morgan fingerprint density at radius 3 is 2.50 bits per heavy atom. The zero-order chi connectivity index (χ0) is 8.97. The highest BCUT2D eigenvalue weighted by Gasteiger charge is 2.23. The van der Waals surface area contributed by atoms with Crippen LogP contribution < -0.4 is 11.1 Å². The molecule has 2 heteroatoms. The van der Waals surface area contributed by atoms with E-state index in [2.05, 4.69) is 19.2 Å². The molecule has 3 N–H and O–H groups in total. The highest BCUT2D eigenvalue weighted by Crippen LogP contribution is 2.21. The van der Waals surface area contributed by atoms with Gasteiger partial charge < -0.3 is 11.1 Å². The fourth-order valence-corrected chi connectivity index (χ4v) is 1.97. The lowest BCUT2D eigenvalue weighted by Gasteiger charge is -2.31. The predicted octanol–water partition coefficient (Wildman–Crippen LogP) is 1.36. The molecule has 0 aromatic heterocycles. The first-order valence-corrected chi connectivity index (χ1v) is 5.22. The molecule has 72 valence electrons. The van der Waals surface area contributed by atoms with Crippen molar-refractivity contribution >= 4 is 0 Å². The van der Waals surface area contributed by atoms with E-state index in [-0.39, 0.29) is 0 Å². The van der Waals surface area contributed by atoms with Crippen LogP contribution in [0, 0.1) is 11.8 Å². The Bertz CT molecular complexity index is 119. The molecule has 0 amide bonds. The lowest BCUT2D eigenvalue weighted by atomic mass is 9.83. The SMILES string of the molecule is CCC(C)C(N)C1CCNCC1. The quantitative estimate of drug-likeness (QED) is 0.671. The van der Waals surface area contributed by atoms with Crippen LogP contribution in [0.3, 0.4) is 0 Å². The van der Waals surface area contributed by atoms with Gasteiger partial charge >= 0.3 is 0 Å². The van der Waals surface area contributed by atoms with E-state index in [4.69, 9.17) is 5.73 Å². The van der Waals surface area contributed by atoms with Gasteiger partial charge in [-0.05, 0) is 37.8 Å². The van der Waals surface area contributed by atoms with Crippen LogP contribution in [0.15, 0.2) is 0 Å². The molecule has 2 unspecified atom stereocenters. The second kappa shape index (κ2) is 4.83. The maximum Gasteiger partial charge on any atom is 0.00938 e. The summed E-state index contributed by atoms with van der Waals surface area (Å²) in [4.78, 5) is 0. The summed E-state index contributed by atoms with van der Waals surface area (Å²) in [6.45, 7) is 6.82. The molecule has 1 rings (SSSR count). The minimum absolute atomic E-state index is 0.428. The van der Waals surface area contributed by atoms with Crippen LogP contribution >= 0.6 is 0 Å². The van der Waals surface area contributed by atoms with E-state index in [0.717, 1.165) is 19.0 Å². The minimum atomic E-state index is 0.428. The third-order valence-corrected chi connectivity index (χ3v) is 3.23. The smallest absolute Gasteiger partial charge is 0.00938 e. The van der Waals surface area contributed by atoms with E-state index >= 15 is 0 Å². The van der Waals surface area contributed by atoms with Crippen LogP contribution in [0.5, 0.6) is 0 Å². The van der Waals surface area contributed by atoms with Crippen molar-refractivity contribution in [2.24, 2.45) is 17.6 Å². The average molecular weight is 170 g/mol. The van der Waals surface area contributed by atoms with Gasteiger partial charge in [0.2, 0.25) is 0 Å². The van der Waals surface area contributed by atoms with E-state index in [1.807, 2.05) is 0 Å². The van der Waals surface area contributed by atoms with Gasteiger partial charge in [0.1, 0.15) is 0 Å². The van der Waals surface area contributed by atoms with E-state index in [9.17, 15) is 0 Å². The molecule has 0 saturated carbocycles. The van der Waals surface area contributed by atoms with E-state index in [1.54, 1.807) is 0 Å². The molecule has 0 aromatic carbocycles. The Balaban J connectivity index is 2.33. The molecule has 1 aliphatic heterocycles. The molecule has 1 fully saturated rings. The summed E-state index contributed by atoms with van der Waals surface area (Å²) in [6.07, 6.45) is 3.75. The van der Waals surface area contributed by atoms with Crippen LogP contribution in [-0.2, 0) is 0 Å². The minimum Gasteiger partial charge on any atom is -0.327 e. The third-order valence-electron chi connectivity index (χ3n) is 3.23. The second-order valence-electron chi connectivity index (χ2n) is 4.05. The van der Waals surface area contributed by atoms with Crippen molar-refractivity contribution in [3.8, 4) is 0 Å². The van der Waals surface area contributed by atoms with Crippen LogP contribution in [-0.4, -0.2) is 19.1 Å². The van der Waals surface area contributed by atoms with Crippen molar-refractivity contribution in [2.75, 3.05) is 13.1 Å². The molecule has 0 aliphatic carbocycles. The van der Waals surface area contributed by atoms with Gasteiger partial charge in [0.25, 0.3) is 0 Å². The van der Waals surface area contributed by atoms with Crippen molar-refractivity contribution in [3.63, 3.8) is 0 Å². The molecule has 0 radical (unpaired) electrons. The molecule has 0 aromatic rings. The lowest BCUT2D eigenvalue weighted by molar-refractivity contribution is 0.259. The number of nitrogens with two attached hydrogens (primary N) is 1. The lowest BCUT2D eigenvalue weighted by Crippen LogP contribution is -2.42. The number of piperidine rings is 1. The summed E-state index contributed by atoms with van der Waals surface area (Å²) in [5.41, 5.74) is 6.17. The fourth-order valence-electron chi connectivity index (χ4n) is 1.97. The van der Waals surface area contributed by atoms with Crippen molar-refractivity contribution in [3.05, 3.63) is 0 Å². The molecule has 2 atom stereocenters. The Labute approximate surface area is 75.9 Å². The largest absolute Gasteiger partial charge is 0.327 e. The topological polar surface area (TPSA) is 38.0 Å². The third kappa shape index (κ3) is 2.46. The van der Waals surface area contributed by atoms with Gasteiger partial charge in [-0.2, -0.15) is 0 Å². The molecule has 12 heavy (non-hydrogen) atoms. The Morgan fingerprint density at radius 2 is 2.00 bits per heavy atom. The van der Waals surface area contributed by atoms with Crippen LogP contribution in [0.4, 0.5) is 0 Å². The Morgan fingerprint density at radius 1 is 1.42 bits per heavy atom. The number of nitrogens with one attached hydrogen (secondary N) is 1. The fraction of sp³-hybridized carbons (Fsp3) is 1.00. The molecule has 2 nitrogen and oxygen atoms in total. The van der Waals surface area contributed by atoms with Crippen molar-refractivity contribution < 1.29 is 0 Å². The highest BCUT2D eigenvalue weighted by atomic mass is 14.9. The van der Waals surface area contributed by atoms with Crippen molar-refractivity contribution in [2.45, 2.75) is 39.2 Å². The second-order valence-corrected chi connectivity index (χ2v) is 4.05. The standard InChI is InChI=1S/C10H22N2/c1-3-8(2)10(11)9-4-6-12-7-5-9/h8-10,12H,3-7,11H2,1-2H3. The van der Waals surface area contributed by atoms with Gasteiger partial charge in [-0.25, -0.2) is 0 Å². The Kier molecular flexibility index (Phi) is 4.02. The van der Waals surface area contributed by atoms with Crippen molar-refractivity contribution in [1.82, 2.24) is 5.32 Å². The van der Waals surface area contributed by atoms with Crippen LogP contribution in [0.2, 0.25) is 0 Å². The molecule has 1 saturated heterocycles. The maximum absolute atomic E-state index is 6.17. The van der Waals surface area contributed by atoms with Crippen molar-refractivity contribution in [1.29, 1.82) is 0 Å². The zero-order valence-electron chi connectivity index (χ0n) is 8.34. The first-order valence-electron chi connectivity index (χ1n) is 5.22. The summed E-state index contributed by atoms with van der Waals surface area (Å²) >= 11 is 0. The highest BCUT2D eigenvalue weighted by molar-refractivity contribution is 4.81. The number of rotatable bonds is 3. The molecule has 1 heterocycles. The molecular weight excluding hydrogens is 148 g/mol. The first kappa shape index (κ1) is 10.0. The normalized spacial score (nSPS) is 25.2. The van der Waals surface area contributed by atoms with Gasteiger partial charge in [-0.1, -0.05) is 20.3 Å². The van der Waals surface area contributed by atoms with E-state index in [1.165, 1.54) is 19.3 Å². The monoisotopic (exact) mass is 170 g/mol. The molecule has 0 bridgehead atoms. The van der Waals surface area contributed by atoms with Gasteiger partial charge in [0.05, 0.1) is 0 Å². The number of hydrogen-bond donors (Lipinski definition) is 2. The zero-order valence-corrected chi connectivity index (χ0v) is 8.34. The summed E-state index contributed by atoms with van der Waals surface area (Å²) in [7, 11) is 0.